The quantitative estimate of drug-likeness (QED) is 0.305. The largest absolute Gasteiger partial charge is 0.486 e. The van der Waals surface area contributed by atoms with Crippen LogP contribution in [0.4, 0.5) is 4.39 Å². The van der Waals surface area contributed by atoms with Crippen LogP contribution in [0, 0.1) is 12.7 Å². The second-order valence-corrected chi connectivity index (χ2v) is 10.7. The number of nitrogens with zero attached hydrogens (tertiary/aromatic N) is 1. The van der Waals surface area contributed by atoms with Gasteiger partial charge in [-0.1, -0.05) is 28.1 Å². The number of H-pyrrole nitrogens is 1. The molecule has 5 nitrogen and oxygen atoms in total. The molecule has 182 valence electrons. The van der Waals surface area contributed by atoms with E-state index in [4.69, 9.17) is 4.74 Å². The van der Waals surface area contributed by atoms with Gasteiger partial charge in [-0.2, -0.15) is 0 Å². The van der Waals surface area contributed by atoms with Crippen LogP contribution >= 0.6 is 15.9 Å². The first kappa shape index (κ1) is 23.0. The maximum Gasteiger partial charge on any atom is 0.270 e. The number of rotatable bonds is 2. The molecule has 36 heavy (non-hydrogen) atoms. The lowest BCUT2D eigenvalue weighted by molar-refractivity contribution is -0.00586. The number of carbonyl (C=O) groups excluding carboxylic acids is 2. The minimum atomic E-state index is -0.565. The van der Waals surface area contributed by atoms with Gasteiger partial charge in [0.2, 0.25) is 0 Å². The fourth-order valence-electron chi connectivity index (χ4n) is 5.29. The number of halogens is 2. The van der Waals surface area contributed by atoms with Crippen LogP contribution in [0.25, 0.3) is 22.0 Å². The number of aromatic nitrogens is 1. The van der Waals surface area contributed by atoms with Crippen LogP contribution in [0.3, 0.4) is 0 Å². The molecule has 0 bridgehead atoms. The van der Waals surface area contributed by atoms with Gasteiger partial charge in [-0.25, -0.2) is 4.39 Å². The summed E-state index contributed by atoms with van der Waals surface area (Å²) in [6, 6.07) is 18.4. The van der Waals surface area contributed by atoms with Crippen LogP contribution < -0.4 is 4.74 Å². The second kappa shape index (κ2) is 8.59. The van der Waals surface area contributed by atoms with Crippen molar-refractivity contribution >= 4 is 38.5 Å². The summed E-state index contributed by atoms with van der Waals surface area (Å²) < 4.78 is 20.9. The van der Waals surface area contributed by atoms with Crippen LogP contribution in [-0.4, -0.2) is 40.3 Å². The molecule has 1 N–H and O–H groups in total. The molecule has 0 atom stereocenters. The predicted molar refractivity (Wildman–Crippen MR) is 140 cm³/mol. The number of hydrogen-bond acceptors (Lipinski definition) is 3. The number of piperidine rings is 1. The van der Waals surface area contributed by atoms with Crippen LogP contribution in [0.1, 0.15) is 45.7 Å². The number of ketones is 1. The molecule has 0 saturated carbocycles. The van der Waals surface area contributed by atoms with Crippen molar-refractivity contribution < 1.29 is 18.7 Å². The van der Waals surface area contributed by atoms with E-state index in [2.05, 4.69) is 20.9 Å². The molecule has 3 heterocycles. The lowest BCUT2D eigenvalue weighted by atomic mass is 9.82. The van der Waals surface area contributed by atoms with Gasteiger partial charge in [-0.05, 0) is 72.1 Å². The van der Waals surface area contributed by atoms with Crippen LogP contribution in [0.5, 0.6) is 5.75 Å². The zero-order valence-electron chi connectivity index (χ0n) is 19.7. The Balaban J connectivity index is 1.19. The van der Waals surface area contributed by atoms with Crippen molar-refractivity contribution in [3.8, 4) is 16.9 Å². The number of Topliss-reactive ketones (excluding diaryl/α,β-unsaturated/α-hetero) is 1. The van der Waals surface area contributed by atoms with Gasteiger partial charge in [0.15, 0.2) is 5.78 Å². The first-order valence-electron chi connectivity index (χ1n) is 12.0. The van der Waals surface area contributed by atoms with Gasteiger partial charge < -0.3 is 14.6 Å². The Morgan fingerprint density at radius 3 is 2.56 bits per heavy atom. The van der Waals surface area contributed by atoms with Gasteiger partial charge in [0, 0.05) is 41.3 Å². The molecule has 1 spiro atoms. The van der Waals surface area contributed by atoms with E-state index in [1.165, 1.54) is 6.07 Å². The first-order chi connectivity index (χ1) is 17.3. The van der Waals surface area contributed by atoms with Crippen LogP contribution in [0.2, 0.25) is 0 Å². The molecule has 3 aromatic carbocycles. The number of benzene rings is 3. The van der Waals surface area contributed by atoms with E-state index in [9.17, 15) is 14.0 Å². The molecule has 6 rings (SSSR count). The summed E-state index contributed by atoms with van der Waals surface area (Å²) in [6.07, 6.45) is 1.54. The van der Waals surface area contributed by atoms with Crippen molar-refractivity contribution in [2.45, 2.75) is 31.8 Å². The number of amides is 1. The van der Waals surface area contributed by atoms with E-state index in [0.717, 1.165) is 26.5 Å². The molecular formula is C29H24BrFN2O3. The Labute approximate surface area is 216 Å². The number of ether oxygens (including phenoxy) is 1. The van der Waals surface area contributed by atoms with E-state index < -0.39 is 5.60 Å². The normalized spacial score (nSPS) is 16.8. The number of nitrogens with one attached hydrogen (secondary N) is 1. The molecule has 1 saturated heterocycles. The molecule has 1 amide bonds. The summed E-state index contributed by atoms with van der Waals surface area (Å²) in [5.41, 5.74) is 3.96. The maximum absolute atomic E-state index is 13.7. The maximum atomic E-state index is 13.7. The Hall–Kier alpha value is -3.45. The van der Waals surface area contributed by atoms with Crippen LogP contribution in [-0.2, 0) is 0 Å². The number of aromatic amines is 1. The summed E-state index contributed by atoms with van der Waals surface area (Å²) >= 11 is 3.45. The summed E-state index contributed by atoms with van der Waals surface area (Å²) in [6.45, 7) is 2.79. The number of hydrogen-bond donors (Lipinski definition) is 1. The molecule has 0 unspecified atom stereocenters. The third kappa shape index (κ3) is 4.01. The monoisotopic (exact) mass is 546 g/mol. The lowest BCUT2D eigenvalue weighted by Crippen LogP contribution is -2.52. The highest BCUT2D eigenvalue weighted by Gasteiger charge is 2.43. The van der Waals surface area contributed by atoms with E-state index in [-0.39, 0.29) is 17.5 Å². The minimum Gasteiger partial charge on any atom is -0.486 e. The third-order valence-electron chi connectivity index (χ3n) is 7.36. The summed E-state index contributed by atoms with van der Waals surface area (Å²) in [5.74, 6) is 0.415. The van der Waals surface area contributed by atoms with E-state index in [0.29, 0.717) is 54.9 Å². The number of fused-ring (bicyclic) bond motifs is 2. The lowest BCUT2D eigenvalue weighted by Gasteiger charge is -2.43. The smallest absolute Gasteiger partial charge is 0.270 e. The number of likely N-dealkylation sites (tertiary alicyclic amines) is 1. The van der Waals surface area contributed by atoms with Crippen molar-refractivity contribution in [1.82, 2.24) is 9.88 Å². The summed E-state index contributed by atoms with van der Waals surface area (Å²) in [4.78, 5) is 31.2. The van der Waals surface area contributed by atoms with Gasteiger partial charge >= 0.3 is 0 Å². The fraction of sp³-hybridized carbons (Fsp3) is 0.241. The minimum absolute atomic E-state index is 0.0643. The Bertz CT molecular complexity index is 1540. The summed E-state index contributed by atoms with van der Waals surface area (Å²) in [5, 5.41) is 0.926. The molecular weight excluding hydrogens is 523 g/mol. The molecule has 2 aliphatic rings. The predicted octanol–water partition coefficient (Wildman–Crippen LogP) is 6.69. The first-order valence-corrected chi connectivity index (χ1v) is 12.8. The highest BCUT2D eigenvalue weighted by atomic mass is 79.9. The summed E-state index contributed by atoms with van der Waals surface area (Å²) in [7, 11) is 0. The number of aryl methyl sites for hydroxylation is 1. The van der Waals surface area contributed by atoms with Crippen LogP contribution in [0.15, 0.2) is 65.1 Å². The second-order valence-electron chi connectivity index (χ2n) is 9.77. The zero-order valence-corrected chi connectivity index (χ0v) is 21.3. The van der Waals surface area contributed by atoms with Gasteiger partial charge in [0.1, 0.15) is 22.9 Å². The Morgan fingerprint density at radius 1 is 1.03 bits per heavy atom. The molecule has 0 aliphatic carbocycles. The fourth-order valence-corrected chi connectivity index (χ4v) is 5.63. The van der Waals surface area contributed by atoms with Gasteiger partial charge in [0.25, 0.3) is 5.91 Å². The molecule has 1 aromatic heterocycles. The SMILES string of the molecule is Cc1cc(-c2ccc3[nH]c(C(=O)N4CCC5(CC4)CC(=O)c4ccc(Br)cc4O5)cc3c2)ccc1F. The molecule has 4 aromatic rings. The zero-order chi connectivity index (χ0) is 25.0. The highest BCUT2D eigenvalue weighted by Crippen LogP contribution is 2.40. The van der Waals surface area contributed by atoms with Crippen molar-refractivity contribution in [1.29, 1.82) is 0 Å². The molecule has 2 aliphatic heterocycles. The van der Waals surface area contributed by atoms with Crippen molar-refractivity contribution in [2.75, 3.05) is 13.1 Å². The van der Waals surface area contributed by atoms with Crippen molar-refractivity contribution in [3.63, 3.8) is 0 Å². The van der Waals surface area contributed by atoms with Crippen molar-refractivity contribution in [3.05, 3.63) is 87.8 Å². The Morgan fingerprint density at radius 2 is 1.78 bits per heavy atom. The average Bonchev–Trinajstić information content (AvgIpc) is 3.29. The third-order valence-corrected chi connectivity index (χ3v) is 7.85. The van der Waals surface area contributed by atoms with E-state index in [1.807, 2.05) is 47.4 Å². The highest BCUT2D eigenvalue weighted by molar-refractivity contribution is 9.10. The molecule has 7 heteroatoms. The number of carbonyl (C=O) groups is 2. The topological polar surface area (TPSA) is 62.4 Å². The van der Waals surface area contributed by atoms with Gasteiger partial charge in [-0.15, -0.1) is 0 Å². The van der Waals surface area contributed by atoms with Gasteiger partial charge in [0.05, 0.1) is 12.0 Å². The molecule has 1 fully saturated rings. The van der Waals surface area contributed by atoms with E-state index in [1.54, 1.807) is 19.1 Å². The average molecular weight is 547 g/mol. The van der Waals surface area contributed by atoms with E-state index >= 15 is 0 Å². The standard InChI is InChI=1S/C29H24BrFN2O3/c1-17-12-18(2-6-23(17)31)19-3-7-24-20(13-19)14-25(32-24)28(35)33-10-8-29(9-11-33)16-26(34)22-5-4-21(30)15-27(22)36-29/h2-7,12-15,32H,8-11,16H2,1H3. The Kier molecular flexibility index (Phi) is 5.48. The van der Waals surface area contributed by atoms with Gasteiger partial charge in [-0.3, -0.25) is 9.59 Å². The molecule has 0 radical (unpaired) electrons. The van der Waals surface area contributed by atoms with Crippen molar-refractivity contribution in [2.24, 2.45) is 0 Å².